The van der Waals surface area contributed by atoms with Crippen molar-refractivity contribution in [2.45, 2.75) is 36.2 Å². The standard InChI is InChI=1S/C18H16ClN5OS2/c1-10-9-24(16(20)26-10)17-21-15(19)22-18(23-17)27-13-6-2-11(3-7-13)8-14(25)12-4-5-12/h2-3,6-7,9,12,20H,4-5,8H2,1H3. The summed E-state index contributed by atoms with van der Waals surface area (Å²) in [7, 11) is 0. The van der Waals surface area contributed by atoms with Crippen LogP contribution in [0.15, 0.2) is 40.5 Å². The van der Waals surface area contributed by atoms with Crippen LogP contribution in [0.1, 0.15) is 23.3 Å². The van der Waals surface area contributed by atoms with Gasteiger partial charge in [-0.25, -0.2) is 0 Å². The minimum absolute atomic E-state index is 0.0879. The third-order valence-electron chi connectivity index (χ3n) is 4.12. The highest BCUT2D eigenvalue weighted by molar-refractivity contribution is 7.99. The van der Waals surface area contributed by atoms with E-state index in [1.165, 1.54) is 23.1 Å². The summed E-state index contributed by atoms with van der Waals surface area (Å²) in [4.78, 5) is 26.9. The Kier molecular flexibility index (Phi) is 5.12. The lowest BCUT2D eigenvalue weighted by Crippen LogP contribution is -2.14. The highest BCUT2D eigenvalue weighted by Crippen LogP contribution is 2.31. The summed E-state index contributed by atoms with van der Waals surface area (Å²) in [5.74, 6) is 0.946. The molecule has 4 rings (SSSR count). The number of benzene rings is 1. The summed E-state index contributed by atoms with van der Waals surface area (Å²) in [6, 6.07) is 7.83. The number of nitrogens with one attached hydrogen (secondary N) is 1. The Morgan fingerprint density at radius 1 is 1.30 bits per heavy atom. The summed E-state index contributed by atoms with van der Waals surface area (Å²) in [6.45, 7) is 1.92. The van der Waals surface area contributed by atoms with Crippen molar-refractivity contribution >= 4 is 40.5 Å². The van der Waals surface area contributed by atoms with E-state index in [2.05, 4.69) is 15.0 Å². The minimum atomic E-state index is 0.0879. The monoisotopic (exact) mass is 417 g/mol. The predicted molar refractivity (Wildman–Crippen MR) is 105 cm³/mol. The summed E-state index contributed by atoms with van der Waals surface area (Å²) >= 11 is 8.77. The van der Waals surface area contributed by atoms with Crippen molar-refractivity contribution in [3.8, 4) is 5.95 Å². The molecule has 9 heteroatoms. The van der Waals surface area contributed by atoms with Gasteiger partial charge in [0.2, 0.25) is 11.2 Å². The molecule has 1 fully saturated rings. The van der Waals surface area contributed by atoms with Crippen LogP contribution in [0.3, 0.4) is 0 Å². The quantitative estimate of drug-likeness (QED) is 0.658. The fraction of sp³-hybridized carbons (Fsp3) is 0.278. The van der Waals surface area contributed by atoms with E-state index in [1.54, 1.807) is 10.8 Å². The highest BCUT2D eigenvalue weighted by atomic mass is 35.5. The lowest BCUT2D eigenvalue weighted by Gasteiger charge is -2.05. The van der Waals surface area contributed by atoms with Crippen molar-refractivity contribution in [3.05, 3.63) is 51.0 Å². The van der Waals surface area contributed by atoms with E-state index < -0.39 is 0 Å². The third kappa shape index (κ3) is 4.45. The second-order valence-corrected chi connectivity index (χ2v) is 8.98. The Morgan fingerprint density at radius 3 is 2.67 bits per heavy atom. The van der Waals surface area contributed by atoms with Crippen LogP contribution in [0.4, 0.5) is 0 Å². The molecule has 1 aliphatic carbocycles. The van der Waals surface area contributed by atoms with Crippen molar-refractivity contribution in [2.24, 2.45) is 5.92 Å². The van der Waals surface area contributed by atoms with Gasteiger partial charge in [0, 0.05) is 28.3 Å². The number of halogens is 1. The Morgan fingerprint density at radius 2 is 2.04 bits per heavy atom. The van der Waals surface area contributed by atoms with Crippen LogP contribution in [0, 0.1) is 18.3 Å². The molecule has 1 saturated carbocycles. The van der Waals surface area contributed by atoms with Gasteiger partial charge in [-0.2, -0.15) is 15.0 Å². The van der Waals surface area contributed by atoms with Crippen LogP contribution in [-0.4, -0.2) is 25.3 Å². The Labute approximate surface area is 169 Å². The Hall–Kier alpha value is -2.03. The number of aromatic nitrogens is 4. The molecule has 3 aromatic rings. The number of rotatable bonds is 6. The van der Waals surface area contributed by atoms with E-state index in [-0.39, 0.29) is 11.2 Å². The smallest absolute Gasteiger partial charge is 0.241 e. The average Bonchev–Trinajstić information content (AvgIpc) is 3.41. The molecule has 0 atom stereocenters. The fourth-order valence-corrected chi connectivity index (χ4v) is 4.27. The number of hydrogen-bond donors (Lipinski definition) is 1. The molecular formula is C18H16ClN5OS2. The second kappa shape index (κ2) is 7.53. The van der Waals surface area contributed by atoms with E-state index in [4.69, 9.17) is 17.0 Å². The van der Waals surface area contributed by atoms with Crippen LogP contribution in [-0.2, 0) is 11.2 Å². The SMILES string of the molecule is Cc1cn(-c2nc(Cl)nc(Sc3ccc(CC(=O)C4CC4)cc3)n2)c(=N)s1. The number of nitrogens with zero attached hydrogens (tertiary/aromatic N) is 4. The first-order valence-corrected chi connectivity index (χ1v) is 10.4. The molecule has 1 aliphatic rings. The molecule has 27 heavy (non-hydrogen) atoms. The molecular weight excluding hydrogens is 402 g/mol. The van der Waals surface area contributed by atoms with E-state index >= 15 is 0 Å². The predicted octanol–water partition coefficient (Wildman–Crippen LogP) is 3.84. The first kappa shape index (κ1) is 18.3. The normalized spacial score (nSPS) is 13.7. The molecule has 0 bridgehead atoms. The number of hydrogen-bond acceptors (Lipinski definition) is 7. The van der Waals surface area contributed by atoms with Gasteiger partial charge in [-0.3, -0.25) is 14.8 Å². The summed E-state index contributed by atoms with van der Waals surface area (Å²) in [5.41, 5.74) is 1.02. The molecule has 138 valence electrons. The number of ketones is 1. The van der Waals surface area contributed by atoms with Gasteiger partial charge >= 0.3 is 0 Å². The Bertz CT molecular complexity index is 1060. The van der Waals surface area contributed by atoms with Gasteiger partial charge in [-0.05, 0) is 60.8 Å². The van der Waals surface area contributed by atoms with Crippen LogP contribution >= 0.6 is 34.7 Å². The molecule has 0 aliphatic heterocycles. The van der Waals surface area contributed by atoms with Gasteiger partial charge in [-0.1, -0.05) is 12.1 Å². The first-order valence-electron chi connectivity index (χ1n) is 8.43. The van der Waals surface area contributed by atoms with Crippen molar-refractivity contribution < 1.29 is 4.79 Å². The van der Waals surface area contributed by atoms with Crippen molar-refractivity contribution in [1.82, 2.24) is 19.5 Å². The average molecular weight is 418 g/mol. The Balaban J connectivity index is 1.53. The number of aryl methyl sites for hydroxylation is 1. The second-order valence-electron chi connectivity index (χ2n) is 6.37. The summed E-state index contributed by atoms with van der Waals surface area (Å²) < 4.78 is 1.59. The summed E-state index contributed by atoms with van der Waals surface area (Å²) in [6.07, 6.45) is 4.38. The maximum absolute atomic E-state index is 11.9. The number of thiazole rings is 1. The van der Waals surface area contributed by atoms with E-state index in [1.807, 2.05) is 31.2 Å². The summed E-state index contributed by atoms with van der Waals surface area (Å²) in [5, 5.41) is 8.56. The van der Waals surface area contributed by atoms with Crippen LogP contribution < -0.4 is 4.80 Å². The number of Topliss-reactive ketones (excluding diaryl/α,β-unsaturated/α-hetero) is 1. The van der Waals surface area contributed by atoms with Gasteiger partial charge in [0.25, 0.3) is 0 Å². The lowest BCUT2D eigenvalue weighted by molar-refractivity contribution is -0.119. The van der Waals surface area contributed by atoms with E-state index in [9.17, 15) is 4.79 Å². The van der Waals surface area contributed by atoms with E-state index in [0.29, 0.717) is 28.1 Å². The molecule has 0 amide bonds. The van der Waals surface area contributed by atoms with Gasteiger partial charge < -0.3 is 0 Å². The molecule has 1 N–H and O–H groups in total. The maximum atomic E-state index is 11.9. The van der Waals surface area contributed by atoms with Gasteiger partial charge in [-0.15, -0.1) is 11.3 Å². The fourth-order valence-electron chi connectivity index (χ4n) is 2.62. The number of carbonyl (C=O) groups excluding carboxylic acids is 1. The van der Waals surface area contributed by atoms with E-state index in [0.717, 1.165) is 28.2 Å². The molecule has 0 radical (unpaired) electrons. The molecule has 2 heterocycles. The van der Waals surface area contributed by atoms with Crippen LogP contribution in [0.2, 0.25) is 5.28 Å². The minimum Gasteiger partial charge on any atom is -0.299 e. The van der Waals surface area contributed by atoms with Gasteiger partial charge in [0.1, 0.15) is 5.78 Å². The maximum Gasteiger partial charge on any atom is 0.241 e. The van der Waals surface area contributed by atoms with Crippen LogP contribution in [0.5, 0.6) is 0 Å². The molecule has 0 unspecified atom stereocenters. The molecule has 1 aromatic carbocycles. The molecule has 0 spiro atoms. The van der Waals surface area contributed by atoms with Crippen molar-refractivity contribution in [1.29, 1.82) is 5.41 Å². The molecule has 0 saturated heterocycles. The molecule has 6 nitrogen and oxygen atoms in total. The topological polar surface area (TPSA) is 84.5 Å². The van der Waals surface area contributed by atoms with Crippen LogP contribution in [0.25, 0.3) is 5.95 Å². The number of carbonyl (C=O) groups is 1. The largest absolute Gasteiger partial charge is 0.299 e. The first-order chi connectivity index (χ1) is 13.0. The van der Waals surface area contributed by atoms with Gasteiger partial charge in [0.15, 0.2) is 9.96 Å². The van der Waals surface area contributed by atoms with Crippen molar-refractivity contribution in [2.75, 3.05) is 0 Å². The zero-order valence-electron chi connectivity index (χ0n) is 14.5. The van der Waals surface area contributed by atoms with Gasteiger partial charge in [0.05, 0.1) is 0 Å². The highest BCUT2D eigenvalue weighted by Gasteiger charge is 2.28. The lowest BCUT2D eigenvalue weighted by atomic mass is 10.1. The zero-order valence-corrected chi connectivity index (χ0v) is 16.9. The molecule has 2 aromatic heterocycles. The van der Waals surface area contributed by atoms with Crippen molar-refractivity contribution in [3.63, 3.8) is 0 Å². The third-order valence-corrected chi connectivity index (χ3v) is 5.98. The zero-order chi connectivity index (χ0) is 19.0.